The summed E-state index contributed by atoms with van der Waals surface area (Å²) in [5, 5.41) is 0. The molecule has 1 amide bonds. The lowest BCUT2D eigenvalue weighted by molar-refractivity contribution is 0.0306. The maximum atomic E-state index is 11.4. The molecule has 0 heterocycles. The van der Waals surface area contributed by atoms with Crippen molar-refractivity contribution in [1.29, 1.82) is 0 Å². The number of anilines is 1. The predicted octanol–water partition coefficient (Wildman–Crippen LogP) is 2.96. The van der Waals surface area contributed by atoms with E-state index in [1.54, 1.807) is 12.1 Å². The Kier molecular flexibility index (Phi) is 2.98. The van der Waals surface area contributed by atoms with Crippen LogP contribution in [0, 0.1) is 16.7 Å². The van der Waals surface area contributed by atoms with Crippen molar-refractivity contribution in [2.45, 2.75) is 46.1 Å². The van der Waals surface area contributed by atoms with Crippen LogP contribution in [0.15, 0.2) is 18.2 Å². The maximum absolute atomic E-state index is 11.4. The van der Waals surface area contributed by atoms with E-state index >= 15 is 0 Å². The van der Waals surface area contributed by atoms with E-state index in [0.29, 0.717) is 22.9 Å². The third-order valence-corrected chi connectivity index (χ3v) is 6.31. The Morgan fingerprint density at radius 3 is 2.57 bits per heavy atom. The number of hydrogen-bond donors (Lipinski definition) is 2. The minimum absolute atomic E-state index is 0.150. The molecule has 0 radical (unpaired) electrons. The summed E-state index contributed by atoms with van der Waals surface area (Å²) >= 11 is 0. The Balaban J connectivity index is 1.90. The third-order valence-electron chi connectivity index (χ3n) is 6.31. The highest BCUT2D eigenvalue weighted by Gasteiger charge is 2.62. The van der Waals surface area contributed by atoms with Gasteiger partial charge in [0.2, 0.25) is 0 Å². The minimum Gasteiger partial charge on any atom is -0.488 e. The Hall–Kier alpha value is -1.71. The van der Waals surface area contributed by atoms with E-state index in [1.165, 1.54) is 12.8 Å². The third kappa shape index (κ3) is 1.84. The fourth-order valence-corrected chi connectivity index (χ4v) is 4.32. The number of nitrogen functional groups attached to an aromatic ring is 1. The van der Waals surface area contributed by atoms with Gasteiger partial charge in [-0.3, -0.25) is 4.79 Å². The molecule has 2 aliphatic carbocycles. The van der Waals surface area contributed by atoms with Gasteiger partial charge in [-0.25, -0.2) is 0 Å². The van der Waals surface area contributed by atoms with Crippen molar-refractivity contribution in [3.8, 4) is 5.75 Å². The molecule has 4 N–H and O–H groups in total. The molecule has 4 heteroatoms. The second-order valence-corrected chi connectivity index (χ2v) is 7.30. The topological polar surface area (TPSA) is 78.3 Å². The van der Waals surface area contributed by atoms with Crippen molar-refractivity contribution in [2.24, 2.45) is 22.5 Å². The summed E-state index contributed by atoms with van der Waals surface area (Å²) in [6.45, 7) is 7.01. The van der Waals surface area contributed by atoms with E-state index in [-0.39, 0.29) is 16.9 Å². The van der Waals surface area contributed by atoms with Crippen LogP contribution in [0.5, 0.6) is 5.75 Å². The fourth-order valence-electron chi connectivity index (χ4n) is 4.32. The summed E-state index contributed by atoms with van der Waals surface area (Å²) in [7, 11) is 0. The van der Waals surface area contributed by atoms with Gasteiger partial charge in [-0.1, -0.05) is 26.8 Å². The number of rotatable bonds is 3. The predicted molar refractivity (Wildman–Crippen MR) is 83.0 cm³/mol. The first kappa shape index (κ1) is 14.2. The quantitative estimate of drug-likeness (QED) is 0.839. The van der Waals surface area contributed by atoms with Crippen molar-refractivity contribution >= 4 is 11.6 Å². The van der Waals surface area contributed by atoms with Crippen molar-refractivity contribution in [3.05, 3.63) is 23.8 Å². The molecule has 2 aliphatic rings. The summed E-state index contributed by atoms with van der Waals surface area (Å²) in [4.78, 5) is 11.4. The molecule has 0 saturated heterocycles. The van der Waals surface area contributed by atoms with Crippen LogP contribution in [0.2, 0.25) is 0 Å². The maximum Gasteiger partial charge on any atom is 0.250 e. The van der Waals surface area contributed by atoms with Gasteiger partial charge in [-0.05, 0) is 42.7 Å². The van der Waals surface area contributed by atoms with Crippen molar-refractivity contribution in [2.75, 3.05) is 5.73 Å². The lowest BCUT2D eigenvalue weighted by Gasteiger charge is -2.39. The summed E-state index contributed by atoms with van der Waals surface area (Å²) < 4.78 is 6.24. The second-order valence-electron chi connectivity index (χ2n) is 7.30. The number of nitrogens with two attached hydrogens (primary N) is 2. The number of para-hydroxylation sites is 1. The highest BCUT2D eigenvalue weighted by molar-refractivity contribution is 5.99. The molecular formula is C17H24N2O2. The smallest absolute Gasteiger partial charge is 0.250 e. The fraction of sp³-hybridized carbons (Fsp3) is 0.588. The molecule has 2 saturated carbocycles. The Bertz CT molecular complexity index is 596. The SMILES string of the molecule is CC1(C)C2CCC1(C)C(Oc1cccc(C(N)=O)c1N)C2. The molecule has 0 spiro atoms. The van der Waals surface area contributed by atoms with E-state index < -0.39 is 5.91 Å². The molecule has 114 valence electrons. The van der Waals surface area contributed by atoms with Crippen molar-refractivity contribution in [1.82, 2.24) is 0 Å². The molecule has 21 heavy (non-hydrogen) atoms. The van der Waals surface area contributed by atoms with Gasteiger partial charge in [0.1, 0.15) is 11.9 Å². The largest absolute Gasteiger partial charge is 0.488 e. The molecule has 3 rings (SSSR count). The summed E-state index contributed by atoms with van der Waals surface area (Å²) in [5.41, 5.74) is 12.5. The molecule has 2 bridgehead atoms. The average molecular weight is 288 g/mol. The number of benzene rings is 1. The normalized spacial score (nSPS) is 33.1. The standard InChI is InChI=1S/C17H24N2O2/c1-16(2)10-7-8-17(16,3)13(9-10)21-12-6-4-5-11(14(12)18)15(19)20/h4-6,10,13H,7-9,18H2,1-3H3,(H2,19,20). The lowest BCUT2D eigenvalue weighted by Crippen LogP contribution is -2.39. The van der Waals surface area contributed by atoms with Crippen LogP contribution in [0.4, 0.5) is 5.69 Å². The zero-order chi connectivity index (χ0) is 15.4. The molecule has 4 nitrogen and oxygen atoms in total. The molecular weight excluding hydrogens is 264 g/mol. The number of hydrogen-bond acceptors (Lipinski definition) is 3. The summed E-state index contributed by atoms with van der Waals surface area (Å²) in [6.07, 6.45) is 3.67. The van der Waals surface area contributed by atoms with Gasteiger partial charge in [0.15, 0.2) is 0 Å². The zero-order valence-corrected chi connectivity index (χ0v) is 13.0. The van der Waals surface area contributed by atoms with Crippen LogP contribution in [0.3, 0.4) is 0 Å². The number of ether oxygens (including phenoxy) is 1. The van der Waals surface area contributed by atoms with E-state index in [9.17, 15) is 4.79 Å². The second kappa shape index (κ2) is 4.39. The van der Waals surface area contributed by atoms with Crippen LogP contribution < -0.4 is 16.2 Å². The van der Waals surface area contributed by atoms with Gasteiger partial charge in [-0.2, -0.15) is 0 Å². The van der Waals surface area contributed by atoms with Gasteiger partial charge >= 0.3 is 0 Å². The van der Waals surface area contributed by atoms with Gasteiger partial charge in [-0.15, -0.1) is 0 Å². The first-order valence-electron chi connectivity index (χ1n) is 7.62. The average Bonchev–Trinajstić information content (AvgIpc) is 2.74. The zero-order valence-electron chi connectivity index (χ0n) is 13.0. The van der Waals surface area contributed by atoms with Crippen LogP contribution in [-0.2, 0) is 0 Å². The van der Waals surface area contributed by atoms with E-state index in [2.05, 4.69) is 20.8 Å². The van der Waals surface area contributed by atoms with Crippen molar-refractivity contribution < 1.29 is 9.53 Å². The van der Waals surface area contributed by atoms with Crippen LogP contribution in [0.1, 0.15) is 50.4 Å². The van der Waals surface area contributed by atoms with Crippen LogP contribution in [-0.4, -0.2) is 12.0 Å². The van der Waals surface area contributed by atoms with Gasteiger partial charge in [0.05, 0.1) is 11.3 Å². The monoisotopic (exact) mass is 288 g/mol. The van der Waals surface area contributed by atoms with Crippen LogP contribution in [0.25, 0.3) is 0 Å². The molecule has 2 fully saturated rings. The number of fused-ring (bicyclic) bond motifs is 2. The molecule has 3 atom stereocenters. The molecule has 1 aromatic rings. The van der Waals surface area contributed by atoms with Crippen LogP contribution >= 0.6 is 0 Å². The molecule has 0 aliphatic heterocycles. The molecule has 1 aromatic carbocycles. The Morgan fingerprint density at radius 2 is 2.05 bits per heavy atom. The number of carbonyl (C=O) groups excluding carboxylic acids is 1. The Morgan fingerprint density at radius 1 is 1.33 bits per heavy atom. The van der Waals surface area contributed by atoms with Gasteiger partial charge in [0.25, 0.3) is 5.91 Å². The van der Waals surface area contributed by atoms with Gasteiger partial charge < -0.3 is 16.2 Å². The summed E-state index contributed by atoms with van der Waals surface area (Å²) in [6, 6.07) is 5.23. The number of primary amides is 1. The number of amides is 1. The number of carbonyl (C=O) groups is 1. The van der Waals surface area contributed by atoms with E-state index in [4.69, 9.17) is 16.2 Å². The molecule has 3 unspecified atom stereocenters. The molecule has 0 aromatic heterocycles. The van der Waals surface area contributed by atoms with E-state index in [1.807, 2.05) is 6.07 Å². The van der Waals surface area contributed by atoms with E-state index in [0.717, 1.165) is 6.42 Å². The van der Waals surface area contributed by atoms with Crippen molar-refractivity contribution in [3.63, 3.8) is 0 Å². The lowest BCUT2D eigenvalue weighted by atomic mass is 9.70. The first-order valence-corrected chi connectivity index (χ1v) is 7.62. The highest BCUT2D eigenvalue weighted by Crippen LogP contribution is 2.66. The van der Waals surface area contributed by atoms with Gasteiger partial charge in [0, 0.05) is 5.41 Å². The summed E-state index contributed by atoms with van der Waals surface area (Å²) in [5.74, 6) is 0.770. The first-order chi connectivity index (χ1) is 9.77. The minimum atomic E-state index is -0.516. The Labute approximate surface area is 125 Å². The highest BCUT2D eigenvalue weighted by atomic mass is 16.5.